The average molecular weight is 142 g/mol. The summed E-state index contributed by atoms with van der Waals surface area (Å²) in [4.78, 5) is 0. The van der Waals surface area contributed by atoms with E-state index in [2.05, 4.69) is 11.8 Å². The topological polar surface area (TPSA) is 0 Å². The van der Waals surface area contributed by atoms with Gasteiger partial charge in [-0.25, -0.2) is 0 Å². The standard InChI is InChI=1S/C8H14S/c1-2-4-8-6-9-5-7(8)3-1/h7-8H,1-6H2/t7-,8?/m0/s1. The molecule has 0 spiro atoms. The molecule has 1 unspecified atom stereocenters. The number of thioether (sulfide) groups is 1. The first kappa shape index (κ1) is 6.09. The van der Waals surface area contributed by atoms with Gasteiger partial charge in [-0.3, -0.25) is 0 Å². The Morgan fingerprint density at radius 2 is 1.44 bits per heavy atom. The molecule has 0 aromatic rings. The molecule has 0 amide bonds. The Morgan fingerprint density at radius 1 is 0.889 bits per heavy atom. The predicted molar refractivity (Wildman–Crippen MR) is 42.8 cm³/mol. The van der Waals surface area contributed by atoms with Crippen LogP contribution in [0.5, 0.6) is 0 Å². The van der Waals surface area contributed by atoms with Crippen LogP contribution in [0, 0.1) is 11.8 Å². The maximum absolute atomic E-state index is 2.18. The van der Waals surface area contributed by atoms with Gasteiger partial charge in [-0.2, -0.15) is 11.8 Å². The van der Waals surface area contributed by atoms with Crippen LogP contribution in [-0.4, -0.2) is 11.5 Å². The summed E-state index contributed by atoms with van der Waals surface area (Å²) in [6, 6.07) is 0. The van der Waals surface area contributed by atoms with Gasteiger partial charge < -0.3 is 0 Å². The second-order valence-corrected chi connectivity index (χ2v) is 4.42. The smallest absolute Gasteiger partial charge is 0.00361 e. The zero-order chi connectivity index (χ0) is 6.10. The van der Waals surface area contributed by atoms with E-state index in [1.165, 1.54) is 37.2 Å². The van der Waals surface area contributed by atoms with Crippen LogP contribution < -0.4 is 0 Å². The highest BCUT2D eigenvalue weighted by Gasteiger charge is 2.29. The van der Waals surface area contributed by atoms with Crippen molar-refractivity contribution >= 4 is 11.8 Å². The van der Waals surface area contributed by atoms with Crippen molar-refractivity contribution in [3.8, 4) is 0 Å². The molecule has 2 atom stereocenters. The molecule has 2 fully saturated rings. The highest BCUT2D eigenvalue weighted by molar-refractivity contribution is 7.99. The molecule has 1 aliphatic heterocycles. The normalized spacial score (nSPS) is 42.7. The van der Waals surface area contributed by atoms with Crippen molar-refractivity contribution in [2.24, 2.45) is 11.8 Å². The van der Waals surface area contributed by atoms with Crippen LogP contribution in [0.2, 0.25) is 0 Å². The molecule has 1 heteroatoms. The Morgan fingerprint density at radius 3 is 2.00 bits per heavy atom. The SMILES string of the molecule is C1CC[C@H]2CSCC2C1. The van der Waals surface area contributed by atoms with Crippen molar-refractivity contribution < 1.29 is 0 Å². The first-order valence-electron chi connectivity index (χ1n) is 4.04. The van der Waals surface area contributed by atoms with E-state index in [1.54, 1.807) is 0 Å². The lowest BCUT2D eigenvalue weighted by Crippen LogP contribution is -2.16. The van der Waals surface area contributed by atoms with Gasteiger partial charge in [0.1, 0.15) is 0 Å². The van der Waals surface area contributed by atoms with Crippen LogP contribution in [0.4, 0.5) is 0 Å². The number of fused-ring (bicyclic) bond motifs is 1. The third kappa shape index (κ3) is 1.12. The monoisotopic (exact) mass is 142 g/mol. The zero-order valence-electron chi connectivity index (χ0n) is 5.81. The van der Waals surface area contributed by atoms with Gasteiger partial charge in [0.2, 0.25) is 0 Å². The summed E-state index contributed by atoms with van der Waals surface area (Å²) in [5.41, 5.74) is 0. The Labute approximate surface area is 61.4 Å². The molecule has 0 aromatic carbocycles. The molecular weight excluding hydrogens is 128 g/mol. The number of hydrogen-bond acceptors (Lipinski definition) is 1. The third-order valence-corrected chi connectivity index (χ3v) is 4.06. The van der Waals surface area contributed by atoms with E-state index in [9.17, 15) is 0 Å². The van der Waals surface area contributed by atoms with Crippen LogP contribution in [0.15, 0.2) is 0 Å². The Kier molecular flexibility index (Phi) is 1.71. The van der Waals surface area contributed by atoms with E-state index in [1.807, 2.05) is 0 Å². The molecule has 0 aromatic heterocycles. The van der Waals surface area contributed by atoms with Gasteiger partial charge in [0.05, 0.1) is 0 Å². The lowest BCUT2D eigenvalue weighted by molar-refractivity contribution is 0.299. The molecule has 1 saturated carbocycles. The van der Waals surface area contributed by atoms with Gasteiger partial charge in [0.15, 0.2) is 0 Å². The number of rotatable bonds is 0. The van der Waals surface area contributed by atoms with Gasteiger partial charge >= 0.3 is 0 Å². The largest absolute Gasteiger partial charge is 0.161 e. The molecule has 1 heterocycles. The average Bonchev–Trinajstić information content (AvgIpc) is 2.33. The zero-order valence-corrected chi connectivity index (χ0v) is 6.62. The molecule has 2 rings (SSSR count). The minimum Gasteiger partial charge on any atom is -0.161 e. The van der Waals surface area contributed by atoms with Crippen molar-refractivity contribution in [2.45, 2.75) is 25.7 Å². The molecule has 52 valence electrons. The van der Waals surface area contributed by atoms with Crippen LogP contribution in [0.1, 0.15) is 25.7 Å². The summed E-state index contributed by atoms with van der Waals surface area (Å²) in [5, 5.41) is 0. The molecule has 0 bridgehead atoms. The van der Waals surface area contributed by atoms with Crippen LogP contribution in [0.3, 0.4) is 0 Å². The summed E-state index contributed by atoms with van der Waals surface area (Å²) in [7, 11) is 0. The summed E-state index contributed by atoms with van der Waals surface area (Å²) in [6.07, 6.45) is 6.11. The van der Waals surface area contributed by atoms with Crippen molar-refractivity contribution in [1.29, 1.82) is 0 Å². The minimum atomic E-state index is 1.13. The molecule has 0 radical (unpaired) electrons. The van der Waals surface area contributed by atoms with Gasteiger partial charge in [0, 0.05) is 0 Å². The number of hydrogen-bond donors (Lipinski definition) is 0. The Balaban J connectivity index is 1.97. The fourth-order valence-electron chi connectivity index (χ4n) is 2.09. The lowest BCUT2D eigenvalue weighted by atomic mass is 9.82. The van der Waals surface area contributed by atoms with Crippen molar-refractivity contribution in [3.05, 3.63) is 0 Å². The van der Waals surface area contributed by atoms with E-state index in [0.29, 0.717) is 0 Å². The summed E-state index contributed by atoms with van der Waals surface area (Å²) >= 11 is 2.18. The molecular formula is C8H14S. The van der Waals surface area contributed by atoms with Crippen LogP contribution in [-0.2, 0) is 0 Å². The van der Waals surface area contributed by atoms with Crippen molar-refractivity contribution in [2.75, 3.05) is 11.5 Å². The second-order valence-electron chi connectivity index (χ2n) is 3.34. The fraction of sp³-hybridized carbons (Fsp3) is 1.00. The van der Waals surface area contributed by atoms with Gasteiger partial charge in [0.25, 0.3) is 0 Å². The van der Waals surface area contributed by atoms with Crippen LogP contribution >= 0.6 is 11.8 Å². The first-order chi connectivity index (χ1) is 4.47. The van der Waals surface area contributed by atoms with Gasteiger partial charge in [-0.1, -0.05) is 12.8 Å². The molecule has 2 aliphatic rings. The van der Waals surface area contributed by atoms with E-state index < -0.39 is 0 Å². The van der Waals surface area contributed by atoms with E-state index in [0.717, 1.165) is 11.8 Å². The second kappa shape index (κ2) is 2.53. The molecule has 1 saturated heterocycles. The quantitative estimate of drug-likeness (QED) is 0.501. The van der Waals surface area contributed by atoms with Crippen molar-refractivity contribution in [1.82, 2.24) is 0 Å². The first-order valence-corrected chi connectivity index (χ1v) is 5.20. The summed E-state index contributed by atoms with van der Waals surface area (Å²) < 4.78 is 0. The van der Waals surface area contributed by atoms with Gasteiger partial charge in [-0.05, 0) is 36.2 Å². The highest BCUT2D eigenvalue weighted by atomic mass is 32.2. The Bertz CT molecular complexity index is 88.7. The summed E-state index contributed by atoms with van der Waals surface area (Å²) in [6.45, 7) is 0. The maximum atomic E-state index is 2.18. The lowest BCUT2D eigenvalue weighted by Gasteiger charge is -2.23. The molecule has 0 N–H and O–H groups in total. The highest BCUT2D eigenvalue weighted by Crippen LogP contribution is 2.39. The third-order valence-electron chi connectivity index (χ3n) is 2.73. The van der Waals surface area contributed by atoms with E-state index in [-0.39, 0.29) is 0 Å². The van der Waals surface area contributed by atoms with Gasteiger partial charge in [-0.15, -0.1) is 0 Å². The van der Waals surface area contributed by atoms with Crippen molar-refractivity contribution in [3.63, 3.8) is 0 Å². The summed E-state index contributed by atoms with van der Waals surface area (Å²) in [5.74, 6) is 5.21. The molecule has 9 heavy (non-hydrogen) atoms. The fourth-order valence-corrected chi connectivity index (χ4v) is 3.71. The molecule has 0 nitrogen and oxygen atoms in total. The maximum Gasteiger partial charge on any atom is -0.00361 e. The van der Waals surface area contributed by atoms with E-state index >= 15 is 0 Å². The van der Waals surface area contributed by atoms with E-state index in [4.69, 9.17) is 0 Å². The predicted octanol–water partition coefficient (Wildman–Crippen LogP) is 2.54. The minimum absolute atomic E-state index is 1.13. The van der Waals surface area contributed by atoms with Crippen LogP contribution in [0.25, 0.3) is 0 Å². The molecule has 1 aliphatic carbocycles. The Hall–Kier alpha value is 0.350.